The van der Waals surface area contributed by atoms with Gasteiger partial charge in [0, 0.05) is 0 Å². The summed E-state index contributed by atoms with van der Waals surface area (Å²) in [5.41, 5.74) is 0. The minimum absolute atomic E-state index is 0. The van der Waals surface area contributed by atoms with Crippen molar-refractivity contribution < 1.29 is 24.2 Å². The van der Waals surface area contributed by atoms with Crippen LogP contribution in [0.4, 0.5) is 0 Å². The average molecular weight is 401 g/mol. The van der Waals surface area contributed by atoms with Crippen molar-refractivity contribution in [2.75, 3.05) is 0 Å². The Morgan fingerprint density at radius 3 is 1.29 bits per heavy atom. The summed E-state index contributed by atoms with van der Waals surface area (Å²) in [5.74, 6) is 0. The molecule has 0 fully saturated rings. The van der Waals surface area contributed by atoms with Crippen molar-refractivity contribution in [2.45, 2.75) is 12.8 Å². The normalized spacial score (nSPS) is 10.8. The summed E-state index contributed by atoms with van der Waals surface area (Å²) < 4.78 is 3.34. The van der Waals surface area contributed by atoms with E-state index >= 15 is 0 Å². The Balaban J connectivity index is -0.0000000916. The van der Waals surface area contributed by atoms with Gasteiger partial charge in [0.1, 0.15) is 0 Å². The second-order valence-electron chi connectivity index (χ2n) is 3.08. The molecule has 0 saturated heterocycles. The Labute approximate surface area is 157 Å². The third-order valence-electron chi connectivity index (χ3n) is 1.78. The molecule has 0 amide bonds. The molecule has 21 heavy (non-hydrogen) atoms. The number of hydrogen-bond donors (Lipinski definition) is 0. The van der Waals surface area contributed by atoms with Crippen molar-refractivity contribution >= 4 is 29.0 Å². The van der Waals surface area contributed by atoms with Gasteiger partial charge in [-0.1, -0.05) is 0 Å². The van der Waals surface area contributed by atoms with Crippen molar-refractivity contribution in [1.29, 1.82) is 0 Å². The predicted molar refractivity (Wildman–Crippen MR) is 96.4 cm³/mol. The molecule has 116 valence electrons. The van der Waals surface area contributed by atoms with Crippen LogP contribution in [0.1, 0.15) is 12.8 Å². The van der Waals surface area contributed by atoms with Crippen molar-refractivity contribution in [1.82, 2.24) is 0 Å². The molecule has 0 atom stereocenters. The molecular formula is C18H22Cl2Zr-4. The molecule has 0 spiro atoms. The Bertz CT molecular complexity index is 313. The third kappa shape index (κ3) is 24.9. The van der Waals surface area contributed by atoms with Crippen LogP contribution in [0.25, 0.3) is 0 Å². The van der Waals surface area contributed by atoms with Gasteiger partial charge < -0.3 is 7.43 Å². The third-order valence-corrected chi connectivity index (χ3v) is 1.78. The second-order valence-corrected chi connectivity index (χ2v) is 3.08. The number of allylic oxidation sites excluding steroid dienone is 8. The zero-order valence-corrected chi connectivity index (χ0v) is 16.4. The summed E-state index contributed by atoms with van der Waals surface area (Å²) in [6.07, 6.45) is 20.0. The maximum atomic E-state index is 3.34. The fourth-order valence-electron chi connectivity index (χ4n) is 1.02. The van der Waals surface area contributed by atoms with Gasteiger partial charge >= 0.3 is 28.4 Å². The van der Waals surface area contributed by atoms with Gasteiger partial charge in [0.2, 0.25) is 0 Å². The van der Waals surface area contributed by atoms with Gasteiger partial charge in [-0.2, -0.15) is 48.6 Å². The van der Waals surface area contributed by atoms with Crippen LogP contribution in [-0.2, 0) is 24.2 Å². The minimum Gasteiger partial charge on any atom is -0.358 e. The molecule has 0 aliphatic heterocycles. The predicted octanol–water partition coefficient (Wildman–Crippen LogP) is 5.36. The van der Waals surface area contributed by atoms with E-state index in [0.29, 0.717) is 0 Å². The van der Waals surface area contributed by atoms with Gasteiger partial charge in [-0.15, -0.1) is 37.7 Å². The van der Waals surface area contributed by atoms with Gasteiger partial charge in [-0.05, 0) is 0 Å². The van der Waals surface area contributed by atoms with Gasteiger partial charge in [-0.25, -0.2) is 24.3 Å². The quantitative estimate of drug-likeness (QED) is 0.515. The maximum Gasteiger partial charge on any atom is -0.171 e. The maximum absolute atomic E-state index is 3.34. The molecule has 2 aliphatic carbocycles. The van der Waals surface area contributed by atoms with Crippen LogP contribution >= 0.6 is 24.8 Å². The Morgan fingerprint density at radius 1 is 0.762 bits per heavy atom. The average Bonchev–Trinajstić information content (AvgIpc) is 3.21. The van der Waals surface area contributed by atoms with Crippen LogP contribution in [0.3, 0.4) is 0 Å². The van der Waals surface area contributed by atoms with E-state index in [4.69, 9.17) is 0 Å². The van der Waals surface area contributed by atoms with Crippen LogP contribution < -0.4 is 0 Å². The molecule has 0 unspecified atom stereocenters. The van der Waals surface area contributed by atoms with Gasteiger partial charge in [-0.3, -0.25) is 12.2 Å². The second kappa shape index (κ2) is 27.8. The Hall–Kier alpha value is -0.487. The molecule has 0 heterocycles. The van der Waals surface area contributed by atoms with E-state index in [1.54, 1.807) is 0 Å². The van der Waals surface area contributed by atoms with E-state index in [1.165, 1.54) is 24.2 Å². The van der Waals surface area contributed by atoms with Crippen LogP contribution in [0, 0.1) is 25.6 Å². The van der Waals surface area contributed by atoms with E-state index in [0.717, 1.165) is 12.8 Å². The summed E-state index contributed by atoms with van der Waals surface area (Å²) in [4.78, 5) is 0. The molecule has 2 aliphatic rings. The first-order chi connectivity index (χ1) is 9.00. The largest absolute Gasteiger partial charge is 0.358 e. The molecular weight excluding hydrogens is 378 g/mol. The zero-order chi connectivity index (χ0) is 13.3. The molecule has 0 aromatic heterocycles. The fourth-order valence-corrected chi connectivity index (χ4v) is 1.02. The number of halogens is 2. The van der Waals surface area contributed by atoms with Crippen molar-refractivity contribution in [3.63, 3.8) is 0 Å². The van der Waals surface area contributed by atoms with Crippen molar-refractivity contribution in [3.05, 3.63) is 92.4 Å². The monoisotopic (exact) mass is 398 g/mol. The van der Waals surface area contributed by atoms with Gasteiger partial charge in [0.25, 0.3) is 0 Å². The first-order valence-electron chi connectivity index (χ1n) is 5.70. The molecule has 1 aromatic carbocycles. The van der Waals surface area contributed by atoms with Gasteiger partial charge in [0.15, 0.2) is 0 Å². The molecule has 0 nitrogen and oxygen atoms in total. The molecule has 0 N–H and O–H groups in total. The van der Waals surface area contributed by atoms with E-state index in [9.17, 15) is 0 Å². The Kier molecular flexibility index (Phi) is 37.9. The first-order valence-corrected chi connectivity index (χ1v) is 7.44. The Morgan fingerprint density at radius 2 is 1.19 bits per heavy atom. The standard InChI is InChI=1S/C6H5.2C5H5.CH3.CH2.2ClH.Zr/c1-2-4-6-5-3-1;2*1-2-4-5-3-1;;;;;/h1-5H;2*1-3H,4H2;1H3;1H2;2*1H;/q4*-1;;;;. The molecule has 0 bridgehead atoms. The van der Waals surface area contributed by atoms with Crippen LogP contribution in [-0.4, -0.2) is 4.21 Å². The molecule has 3 heteroatoms. The smallest absolute Gasteiger partial charge is 0.171 e. The minimum atomic E-state index is 0. The van der Waals surface area contributed by atoms with Crippen molar-refractivity contribution in [3.8, 4) is 0 Å². The van der Waals surface area contributed by atoms with Crippen LogP contribution in [0.5, 0.6) is 0 Å². The number of benzene rings is 1. The van der Waals surface area contributed by atoms with Crippen LogP contribution in [0.15, 0.2) is 66.8 Å². The summed E-state index contributed by atoms with van der Waals surface area (Å²) >= 11 is 1.30. The van der Waals surface area contributed by atoms with E-state index < -0.39 is 0 Å². The van der Waals surface area contributed by atoms with E-state index in [1.807, 2.05) is 54.6 Å². The first kappa shape index (κ1) is 28.6. The van der Waals surface area contributed by atoms with E-state index in [-0.39, 0.29) is 32.2 Å². The summed E-state index contributed by atoms with van der Waals surface area (Å²) in [6.45, 7) is 0. The number of hydrogen-bond acceptors (Lipinski definition) is 0. The van der Waals surface area contributed by atoms with Crippen LogP contribution in [0.2, 0.25) is 0 Å². The summed E-state index contributed by atoms with van der Waals surface area (Å²) in [7, 11) is 0. The molecule has 3 rings (SSSR count). The fraction of sp³-hybridized carbons (Fsp3) is 0.111. The van der Waals surface area contributed by atoms with Crippen molar-refractivity contribution in [2.24, 2.45) is 0 Å². The summed E-state index contributed by atoms with van der Waals surface area (Å²) in [6, 6.07) is 12.5. The number of rotatable bonds is 0. The summed E-state index contributed by atoms with van der Waals surface area (Å²) in [5, 5.41) is 0. The van der Waals surface area contributed by atoms with E-state index in [2.05, 4.69) is 34.6 Å². The molecule has 1 aromatic rings. The molecule has 0 saturated carbocycles. The topological polar surface area (TPSA) is 0 Å². The van der Waals surface area contributed by atoms with Gasteiger partial charge in [0.05, 0.1) is 0 Å². The molecule has 0 radical (unpaired) electrons. The SMILES string of the molecule is Cl.Cl.[C-]1=CC=CC1.[C-]1=CC=CC1.[CH2]=[Zr].[CH3-].[c-]1ccccc1. The zero-order valence-electron chi connectivity index (χ0n) is 12.3.